The van der Waals surface area contributed by atoms with Crippen molar-refractivity contribution in [2.24, 2.45) is 4.99 Å². The molecular weight excluding hydrogens is 340 g/mol. The van der Waals surface area contributed by atoms with Crippen LogP contribution in [0.25, 0.3) is 0 Å². The van der Waals surface area contributed by atoms with Crippen molar-refractivity contribution in [3.63, 3.8) is 0 Å². The molecule has 2 fully saturated rings. The fraction of sp³-hybridized carbons (Fsp3) is 0.700. The molecule has 1 atom stereocenters. The van der Waals surface area contributed by atoms with Crippen molar-refractivity contribution >= 4 is 11.8 Å². The van der Waals surface area contributed by atoms with E-state index >= 15 is 0 Å². The second-order valence-electron chi connectivity index (χ2n) is 7.41. The minimum absolute atomic E-state index is 0.265. The number of likely N-dealkylation sites (tertiary alicyclic amines) is 1. The number of aliphatic imine (C=N–C) groups is 1. The van der Waals surface area contributed by atoms with Gasteiger partial charge in [-0.15, -0.1) is 0 Å². The molecule has 1 unspecified atom stereocenters. The summed E-state index contributed by atoms with van der Waals surface area (Å²) in [5.41, 5.74) is 1.15. The van der Waals surface area contributed by atoms with Crippen LogP contribution in [0.15, 0.2) is 23.3 Å². The number of aromatic nitrogens is 1. The standard InChI is InChI=1S/C20H34N6O/c1-17-16-26(12-13-27-17)19-7-6-18(14-23-19)15-24-20(21-2)22-8-11-25-9-4-3-5-10-25/h6-7,14,17H,3-5,8-13,15-16H2,1-2H3,(H2,21,22,24). The molecule has 0 amide bonds. The third-order valence-corrected chi connectivity index (χ3v) is 5.23. The van der Waals surface area contributed by atoms with Crippen molar-refractivity contribution < 1.29 is 4.74 Å². The molecular formula is C20H34N6O. The van der Waals surface area contributed by atoms with Gasteiger partial charge >= 0.3 is 0 Å². The molecule has 1 aromatic heterocycles. The number of pyridine rings is 1. The molecule has 7 nitrogen and oxygen atoms in total. The first-order chi connectivity index (χ1) is 13.2. The van der Waals surface area contributed by atoms with Gasteiger partial charge in [0.1, 0.15) is 5.82 Å². The molecule has 3 heterocycles. The number of morpholine rings is 1. The molecule has 2 N–H and O–H groups in total. The molecule has 0 aromatic carbocycles. The summed E-state index contributed by atoms with van der Waals surface area (Å²) in [6, 6.07) is 4.23. The number of anilines is 1. The molecule has 2 aliphatic heterocycles. The van der Waals surface area contributed by atoms with Gasteiger partial charge in [0.25, 0.3) is 0 Å². The van der Waals surface area contributed by atoms with E-state index in [-0.39, 0.29) is 6.10 Å². The number of piperidine rings is 1. The fourth-order valence-electron chi connectivity index (χ4n) is 3.66. The van der Waals surface area contributed by atoms with Crippen LogP contribution in [-0.4, -0.2) is 74.9 Å². The van der Waals surface area contributed by atoms with Gasteiger partial charge in [0.2, 0.25) is 0 Å². The van der Waals surface area contributed by atoms with E-state index in [0.29, 0.717) is 0 Å². The Kier molecular flexibility index (Phi) is 7.71. The Morgan fingerprint density at radius 2 is 2.07 bits per heavy atom. The van der Waals surface area contributed by atoms with Gasteiger partial charge < -0.3 is 25.2 Å². The van der Waals surface area contributed by atoms with Crippen LogP contribution in [0.2, 0.25) is 0 Å². The van der Waals surface area contributed by atoms with Gasteiger partial charge in [0.15, 0.2) is 5.96 Å². The fourth-order valence-corrected chi connectivity index (χ4v) is 3.66. The SMILES string of the molecule is CN=C(NCCN1CCCCC1)NCc1ccc(N2CCOC(C)C2)nc1. The number of ether oxygens (including phenoxy) is 1. The zero-order chi connectivity index (χ0) is 18.9. The van der Waals surface area contributed by atoms with Gasteiger partial charge in [-0.3, -0.25) is 4.99 Å². The Labute approximate surface area is 163 Å². The largest absolute Gasteiger partial charge is 0.375 e. The predicted molar refractivity (Wildman–Crippen MR) is 110 cm³/mol. The third-order valence-electron chi connectivity index (χ3n) is 5.23. The molecule has 2 saturated heterocycles. The quantitative estimate of drug-likeness (QED) is 0.581. The van der Waals surface area contributed by atoms with Crippen LogP contribution in [0.4, 0.5) is 5.82 Å². The Bertz CT molecular complexity index is 585. The van der Waals surface area contributed by atoms with E-state index in [2.05, 4.69) is 49.5 Å². The van der Waals surface area contributed by atoms with E-state index < -0.39 is 0 Å². The maximum absolute atomic E-state index is 5.60. The van der Waals surface area contributed by atoms with E-state index in [1.165, 1.54) is 32.4 Å². The van der Waals surface area contributed by atoms with E-state index in [9.17, 15) is 0 Å². The first-order valence-electron chi connectivity index (χ1n) is 10.2. The maximum atomic E-state index is 5.60. The zero-order valence-corrected chi connectivity index (χ0v) is 16.8. The monoisotopic (exact) mass is 374 g/mol. The molecule has 0 saturated carbocycles. The molecule has 27 heavy (non-hydrogen) atoms. The Morgan fingerprint density at radius 3 is 2.78 bits per heavy atom. The normalized spacial score (nSPS) is 21.9. The van der Waals surface area contributed by atoms with Crippen LogP contribution in [-0.2, 0) is 11.3 Å². The lowest BCUT2D eigenvalue weighted by Gasteiger charge is -2.32. The Balaban J connectivity index is 1.40. The summed E-state index contributed by atoms with van der Waals surface area (Å²) in [6.07, 6.45) is 6.26. The van der Waals surface area contributed by atoms with Crippen molar-refractivity contribution in [2.75, 3.05) is 57.8 Å². The van der Waals surface area contributed by atoms with Crippen LogP contribution in [0, 0.1) is 0 Å². The summed E-state index contributed by atoms with van der Waals surface area (Å²) >= 11 is 0. The highest BCUT2D eigenvalue weighted by Gasteiger charge is 2.17. The second kappa shape index (κ2) is 10.5. The third kappa shape index (κ3) is 6.36. The van der Waals surface area contributed by atoms with Gasteiger partial charge in [0.05, 0.1) is 12.7 Å². The summed E-state index contributed by atoms with van der Waals surface area (Å²) in [5, 5.41) is 6.79. The lowest BCUT2D eigenvalue weighted by Crippen LogP contribution is -2.42. The summed E-state index contributed by atoms with van der Waals surface area (Å²) in [6.45, 7) is 9.86. The summed E-state index contributed by atoms with van der Waals surface area (Å²) in [4.78, 5) is 13.8. The average molecular weight is 375 g/mol. The highest BCUT2D eigenvalue weighted by molar-refractivity contribution is 5.79. The Morgan fingerprint density at radius 1 is 1.22 bits per heavy atom. The predicted octanol–water partition coefficient (Wildman–Crippen LogP) is 1.46. The topological polar surface area (TPSA) is 65.0 Å². The zero-order valence-electron chi connectivity index (χ0n) is 16.8. The van der Waals surface area contributed by atoms with Crippen LogP contribution >= 0.6 is 0 Å². The molecule has 150 valence electrons. The number of guanidine groups is 1. The van der Waals surface area contributed by atoms with Crippen LogP contribution in [0.5, 0.6) is 0 Å². The molecule has 0 aliphatic carbocycles. The number of nitrogens with one attached hydrogen (secondary N) is 2. The number of hydrogen-bond donors (Lipinski definition) is 2. The molecule has 1 aromatic rings. The van der Waals surface area contributed by atoms with Crippen LogP contribution < -0.4 is 15.5 Å². The van der Waals surface area contributed by atoms with E-state index in [1.807, 2.05) is 13.2 Å². The average Bonchev–Trinajstić information content (AvgIpc) is 2.72. The lowest BCUT2D eigenvalue weighted by atomic mass is 10.1. The van der Waals surface area contributed by atoms with Crippen molar-refractivity contribution in [1.29, 1.82) is 0 Å². The highest BCUT2D eigenvalue weighted by atomic mass is 16.5. The first-order valence-corrected chi connectivity index (χ1v) is 10.2. The van der Waals surface area contributed by atoms with Gasteiger partial charge in [-0.25, -0.2) is 4.98 Å². The summed E-state index contributed by atoms with van der Waals surface area (Å²) in [5.74, 6) is 1.87. The lowest BCUT2D eigenvalue weighted by molar-refractivity contribution is 0.0529. The smallest absolute Gasteiger partial charge is 0.191 e. The maximum Gasteiger partial charge on any atom is 0.191 e. The van der Waals surface area contributed by atoms with Gasteiger partial charge in [-0.1, -0.05) is 12.5 Å². The molecule has 3 rings (SSSR count). The molecule has 7 heteroatoms. The Hall–Kier alpha value is -1.86. The van der Waals surface area contributed by atoms with Crippen molar-refractivity contribution in [3.05, 3.63) is 23.9 Å². The number of hydrogen-bond acceptors (Lipinski definition) is 5. The number of rotatable bonds is 6. The van der Waals surface area contributed by atoms with Gasteiger partial charge in [0, 0.05) is 46.0 Å². The van der Waals surface area contributed by atoms with Crippen LogP contribution in [0.3, 0.4) is 0 Å². The van der Waals surface area contributed by atoms with Gasteiger partial charge in [-0.05, 0) is 44.5 Å². The minimum Gasteiger partial charge on any atom is -0.375 e. The summed E-state index contributed by atoms with van der Waals surface area (Å²) < 4.78 is 5.60. The minimum atomic E-state index is 0.265. The molecule has 0 radical (unpaired) electrons. The molecule has 0 bridgehead atoms. The van der Waals surface area contributed by atoms with Crippen molar-refractivity contribution in [1.82, 2.24) is 20.5 Å². The summed E-state index contributed by atoms with van der Waals surface area (Å²) in [7, 11) is 1.82. The van der Waals surface area contributed by atoms with Crippen molar-refractivity contribution in [3.8, 4) is 0 Å². The number of nitrogens with zero attached hydrogens (tertiary/aromatic N) is 4. The molecule has 0 spiro atoms. The van der Waals surface area contributed by atoms with Crippen LogP contribution in [0.1, 0.15) is 31.7 Å². The van der Waals surface area contributed by atoms with E-state index in [1.54, 1.807) is 0 Å². The van der Waals surface area contributed by atoms with Gasteiger partial charge in [-0.2, -0.15) is 0 Å². The van der Waals surface area contributed by atoms with Crippen molar-refractivity contribution in [2.45, 2.75) is 38.8 Å². The first kappa shape index (κ1) is 19.9. The highest BCUT2D eigenvalue weighted by Crippen LogP contribution is 2.15. The van der Waals surface area contributed by atoms with E-state index in [4.69, 9.17) is 4.74 Å². The second-order valence-corrected chi connectivity index (χ2v) is 7.41. The molecule has 2 aliphatic rings. The van der Waals surface area contributed by atoms with E-state index in [0.717, 1.165) is 56.7 Å².